The monoisotopic (exact) mass is 545 g/mol. The number of carbonyl (C=O) groups is 1. The summed E-state index contributed by atoms with van der Waals surface area (Å²) in [5.41, 5.74) is 0.759. The van der Waals surface area contributed by atoms with Crippen molar-refractivity contribution in [3.05, 3.63) is 51.4 Å². The van der Waals surface area contributed by atoms with E-state index in [0.717, 1.165) is 25.7 Å². The number of benzene rings is 1. The van der Waals surface area contributed by atoms with Gasteiger partial charge in [-0.3, -0.25) is 14.2 Å². The van der Waals surface area contributed by atoms with Crippen LogP contribution in [-0.4, -0.2) is 46.7 Å². The highest BCUT2D eigenvalue weighted by Crippen LogP contribution is 2.45. The van der Waals surface area contributed by atoms with Gasteiger partial charge in [0.15, 0.2) is 0 Å². The smallest absolute Gasteiger partial charge is 0.260 e. The number of hydrogen-bond acceptors (Lipinski definition) is 7. The van der Waals surface area contributed by atoms with Crippen LogP contribution in [0.25, 0.3) is 22.2 Å². The van der Waals surface area contributed by atoms with E-state index < -0.39 is 0 Å². The summed E-state index contributed by atoms with van der Waals surface area (Å²) in [7, 11) is 2.95. The second-order valence-corrected chi connectivity index (χ2v) is 9.47. The first-order chi connectivity index (χ1) is 17.8. The quantitative estimate of drug-likeness (QED) is 0.390. The van der Waals surface area contributed by atoms with Gasteiger partial charge in [-0.1, -0.05) is 42.6 Å². The summed E-state index contributed by atoms with van der Waals surface area (Å²) in [4.78, 5) is 34.7. The van der Waals surface area contributed by atoms with Crippen molar-refractivity contribution in [2.45, 2.75) is 51.2 Å². The number of ether oxygens (including phenoxy) is 2. The minimum atomic E-state index is -0.312. The molecule has 0 saturated heterocycles. The molecule has 0 radical (unpaired) electrons. The topological polar surface area (TPSA) is 107 Å². The fraction of sp³-hybridized carbons (Fsp3) is 0.385. The Bertz CT molecular complexity index is 1380. The molecule has 0 bridgehead atoms. The molecule has 11 heteroatoms. The van der Waals surface area contributed by atoms with Crippen molar-refractivity contribution in [3.63, 3.8) is 0 Å². The molecule has 4 rings (SSSR count). The molecule has 1 amide bonds. The van der Waals surface area contributed by atoms with Crippen LogP contribution in [0.4, 0.5) is 5.95 Å². The van der Waals surface area contributed by atoms with Crippen molar-refractivity contribution < 1.29 is 14.3 Å². The Balaban J connectivity index is 1.79. The molecule has 3 aromatic rings. The molecule has 2 N–H and O–H groups in total. The van der Waals surface area contributed by atoms with Crippen molar-refractivity contribution in [1.29, 1.82) is 0 Å². The lowest BCUT2D eigenvalue weighted by Crippen LogP contribution is -2.48. The third-order valence-electron chi connectivity index (χ3n) is 6.58. The molecular weight excluding hydrogens is 517 g/mol. The zero-order chi connectivity index (χ0) is 26.7. The van der Waals surface area contributed by atoms with E-state index in [2.05, 4.69) is 27.2 Å². The van der Waals surface area contributed by atoms with E-state index in [1.165, 1.54) is 20.3 Å². The maximum Gasteiger partial charge on any atom is 0.260 e. The first-order valence-electron chi connectivity index (χ1n) is 12.0. The van der Waals surface area contributed by atoms with Crippen molar-refractivity contribution in [3.8, 4) is 22.6 Å². The van der Waals surface area contributed by atoms with Crippen molar-refractivity contribution in [1.82, 2.24) is 19.9 Å². The molecule has 1 saturated carbocycles. The number of pyridine rings is 1. The third-order valence-corrected chi connectivity index (χ3v) is 7.33. The van der Waals surface area contributed by atoms with Gasteiger partial charge in [0, 0.05) is 41.8 Å². The predicted octanol–water partition coefficient (Wildman–Crippen LogP) is 4.83. The summed E-state index contributed by atoms with van der Waals surface area (Å²) in [6.07, 6.45) is 6.68. The average molecular weight is 546 g/mol. The van der Waals surface area contributed by atoms with Crippen LogP contribution in [0.1, 0.15) is 32.6 Å². The van der Waals surface area contributed by atoms with Gasteiger partial charge in [0.1, 0.15) is 17.1 Å². The van der Waals surface area contributed by atoms with Gasteiger partial charge in [-0.05, 0) is 31.9 Å². The normalized spacial score (nSPS) is 17.3. The van der Waals surface area contributed by atoms with Crippen LogP contribution in [0, 0.1) is 0 Å². The molecule has 2 atom stereocenters. The van der Waals surface area contributed by atoms with E-state index in [4.69, 9.17) is 32.7 Å². The predicted molar refractivity (Wildman–Crippen MR) is 146 cm³/mol. The average Bonchev–Trinajstić information content (AvgIpc) is 2.90. The molecule has 9 nitrogen and oxygen atoms in total. The number of carbonyl (C=O) groups excluding carboxylic acids is 1. The summed E-state index contributed by atoms with van der Waals surface area (Å²) in [5, 5.41) is 7.39. The maximum absolute atomic E-state index is 13.7. The standard InChI is InChI=1S/C26H29Cl2N5O4/c1-5-20(34)30-16-9-7-8-10-17(16)31-26-29-13-14-11-15(25(35)33(6-2)24(14)32-26)21-22(27)18(36-3)12-19(37-4)23(21)28/h5,11-13,16-17H,1,6-10H2,2-4H3,(H,30,34)(H,29,31,32)/t16-,17+/m0/s1. The number of aromatic nitrogens is 3. The molecule has 1 aliphatic carbocycles. The number of hydrogen-bond donors (Lipinski definition) is 2. The summed E-state index contributed by atoms with van der Waals surface area (Å²) in [5.74, 6) is 0.839. The molecule has 0 aliphatic heterocycles. The minimum absolute atomic E-state index is 0.0435. The fourth-order valence-electron chi connectivity index (χ4n) is 4.71. The highest BCUT2D eigenvalue weighted by Gasteiger charge is 2.27. The molecule has 2 heterocycles. The van der Waals surface area contributed by atoms with Gasteiger partial charge in [0.2, 0.25) is 11.9 Å². The Morgan fingerprint density at radius 3 is 2.41 bits per heavy atom. The highest BCUT2D eigenvalue weighted by atomic mass is 35.5. The molecule has 1 aromatic carbocycles. The first kappa shape index (κ1) is 26.8. The van der Waals surface area contributed by atoms with Crippen LogP contribution < -0.4 is 25.7 Å². The Kier molecular flexibility index (Phi) is 8.24. The van der Waals surface area contributed by atoms with Crippen LogP contribution >= 0.6 is 23.2 Å². The van der Waals surface area contributed by atoms with E-state index in [0.29, 0.717) is 40.6 Å². The second kappa shape index (κ2) is 11.4. The zero-order valence-electron chi connectivity index (χ0n) is 20.9. The number of nitrogens with zero attached hydrogens (tertiary/aromatic N) is 3. The van der Waals surface area contributed by atoms with E-state index >= 15 is 0 Å². The number of fused-ring (bicyclic) bond motifs is 1. The molecule has 37 heavy (non-hydrogen) atoms. The molecular formula is C26H29Cl2N5O4. The molecule has 1 aliphatic rings. The largest absolute Gasteiger partial charge is 0.495 e. The van der Waals surface area contributed by atoms with Gasteiger partial charge in [-0.25, -0.2) is 4.98 Å². The first-order valence-corrected chi connectivity index (χ1v) is 12.8. The Morgan fingerprint density at radius 1 is 1.16 bits per heavy atom. The zero-order valence-corrected chi connectivity index (χ0v) is 22.4. The SMILES string of the molecule is C=CC(=O)N[C@H]1CCCC[C@H]1Nc1ncc2cc(-c3c(Cl)c(OC)cc(OC)c3Cl)c(=O)n(CC)c2n1. The molecule has 0 spiro atoms. The number of anilines is 1. The lowest BCUT2D eigenvalue weighted by atomic mass is 9.90. The minimum Gasteiger partial charge on any atom is -0.495 e. The van der Waals surface area contributed by atoms with Crippen molar-refractivity contribution in [2.75, 3.05) is 19.5 Å². The number of aryl methyl sites for hydroxylation is 1. The Morgan fingerprint density at radius 2 is 1.81 bits per heavy atom. The van der Waals surface area contributed by atoms with Crippen LogP contribution in [0.15, 0.2) is 35.8 Å². The van der Waals surface area contributed by atoms with Gasteiger partial charge in [0.25, 0.3) is 5.56 Å². The molecule has 2 aromatic heterocycles. The van der Waals surface area contributed by atoms with Gasteiger partial charge < -0.3 is 20.1 Å². The lowest BCUT2D eigenvalue weighted by Gasteiger charge is -2.32. The van der Waals surface area contributed by atoms with Crippen LogP contribution in [0.2, 0.25) is 10.0 Å². The second-order valence-electron chi connectivity index (χ2n) is 8.72. The van der Waals surface area contributed by atoms with E-state index in [-0.39, 0.29) is 39.2 Å². The molecule has 1 fully saturated rings. The summed E-state index contributed by atoms with van der Waals surface area (Å²) >= 11 is 13.2. The van der Waals surface area contributed by atoms with E-state index in [9.17, 15) is 9.59 Å². The fourth-order valence-corrected chi connectivity index (χ4v) is 5.41. The van der Waals surface area contributed by atoms with Gasteiger partial charge >= 0.3 is 0 Å². The van der Waals surface area contributed by atoms with Gasteiger partial charge in [-0.15, -0.1) is 0 Å². The number of halogens is 2. The third kappa shape index (κ3) is 5.24. The number of methoxy groups -OCH3 is 2. The summed E-state index contributed by atoms with van der Waals surface area (Å²) < 4.78 is 12.3. The lowest BCUT2D eigenvalue weighted by molar-refractivity contribution is -0.117. The summed E-state index contributed by atoms with van der Waals surface area (Å²) in [6, 6.07) is 3.14. The van der Waals surface area contributed by atoms with Crippen LogP contribution in [0.3, 0.4) is 0 Å². The van der Waals surface area contributed by atoms with Gasteiger partial charge in [0.05, 0.1) is 29.8 Å². The number of rotatable bonds is 8. The molecule has 0 unspecified atom stereocenters. The molecule has 196 valence electrons. The number of amides is 1. The van der Waals surface area contributed by atoms with Gasteiger partial charge in [-0.2, -0.15) is 4.98 Å². The summed E-state index contributed by atoms with van der Waals surface area (Å²) in [6.45, 7) is 5.75. The van der Waals surface area contributed by atoms with Crippen LogP contribution in [-0.2, 0) is 11.3 Å². The van der Waals surface area contributed by atoms with Crippen LogP contribution in [0.5, 0.6) is 11.5 Å². The Hall–Kier alpha value is -3.30. The van der Waals surface area contributed by atoms with E-state index in [1.807, 2.05) is 6.92 Å². The maximum atomic E-state index is 13.7. The van der Waals surface area contributed by atoms with Crippen molar-refractivity contribution in [2.24, 2.45) is 0 Å². The number of nitrogens with one attached hydrogen (secondary N) is 2. The Labute approximate surface area is 224 Å². The van der Waals surface area contributed by atoms with Crippen molar-refractivity contribution >= 4 is 46.1 Å². The highest BCUT2D eigenvalue weighted by molar-refractivity contribution is 6.41. The van der Waals surface area contributed by atoms with E-state index in [1.54, 1.807) is 22.9 Å².